The summed E-state index contributed by atoms with van der Waals surface area (Å²) in [5, 5.41) is 2.62. The second-order valence-electron chi connectivity index (χ2n) is 5.39. The third kappa shape index (κ3) is 2.61. The van der Waals surface area contributed by atoms with Crippen molar-refractivity contribution in [2.75, 3.05) is 4.90 Å². The molecule has 2 heterocycles. The summed E-state index contributed by atoms with van der Waals surface area (Å²) in [4.78, 5) is 38.0. The summed E-state index contributed by atoms with van der Waals surface area (Å²) in [6.45, 7) is 1.70. The molecule has 24 heavy (non-hydrogen) atoms. The molecular formula is C17H14ClN3O3. The van der Waals surface area contributed by atoms with E-state index in [2.05, 4.69) is 5.32 Å². The zero-order chi connectivity index (χ0) is 17.4. The molecule has 6 nitrogen and oxygen atoms in total. The third-order valence-electron chi connectivity index (χ3n) is 3.86. The van der Waals surface area contributed by atoms with Crippen LogP contribution in [0.5, 0.6) is 0 Å². The Balaban J connectivity index is 2.09. The molecule has 1 fully saturated rings. The minimum atomic E-state index is -0.792. The molecular weight excluding hydrogens is 330 g/mol. The molecule has 4 amide bonds. The van der Waals surface area contributed by atoms with Crippen LogP contribution in [-0.4, -0.2) is 22.4 Å². The van der Waals surface area contributed by atoms with Gasteiger partial charge in [0.25, 0.3) is 11.8 Å². The van der Waals surface area contributed by atoms with E-state index in [-0.39, 0.29) is 5.57 Å². The molecule has 0 radical (unpaired) electrons. The van der Waals surface area contributed by atoms with Crippen LogP contribution in [0.15, 0.2) is 42.1 Å². The lowest BCUT2D eigenvalue weighted by molar-refractivity contribution is -0.122. The van der Waals surface area contributed by atoms with Crippen LogP contribution in [0.1, 0.15) is 11.3 Å². The first kappa shape index (κ1) is 16.0. The number of benzene rings is 1. The van der Waals surface area contributed by atoms with Gasteiger partial charge in [0, 0.05) is 24.0 Å². The van der Waals surface area contributed by atoms with Crippen molar-refractivity contribution in [1.29, 1.82) is 0 Å². The maximum Gasteiger partial charge on any atom is 0.335 e. The Morgan fingerprint density at radius 1 is 1.12 bits per heavy atom. The van der Waals surface area contributed by atoms with Crippen LogP contribution in [0.3, 0.4) is 0 Å². The van der Waals surface area contributed by atoms with Crippen LogP contribution >= 0.6 is 11.6 Å². The lowest BCUT2D eigenvalue weighted by Gasteiger charge is -2.27. The highest BCUT2D eigenvalue weighted by molar-refractivity contribution is 6.39. The number of aromatic nitrogens is 1. The van der Waals surface area contributed by atoms with Crippen molar-refractivity contribution < 1.29 is 14.4 Å². The molecule has 3 rings (SSSR count). The number of nitrogens with zero attached hydrogens (tertiary/aromatic N) is 2. The Morgan fingerprint density at radius 2 is 1.88 bits per heavy atom. The Morgan fingerprint density at radius 3 is 2.54 bits per heavy atom. The highest BCUT2D eigenvalue weighted by Crippen LogP contribution is 2.29. The minimum absolute atomic E-state index is 0.115. The van der Waals surface area contributed by atoms with E-state index >= 15 is 0 Å². The number of carbonyl (C=O) groups excluding carboxylic acids is 3. The van der Waals surface area contributed by atoms with Gasteiger partial charge in [-0.25, -0.2) is 9.69 Å². The summed E-state index contributed by atoms with van der Waals surface area (Å²) in [6, 6.07) is 7.68. The Labute approximate surface area is 143 Å². The highest BCUT2D eigenvalue weighted by Gasteiger charge is 2.37. The number of hydrogen-bond donors (Lipinski definition) is 1. The van der Waals surface area contributed by atoms with Gasteiger partial charge in [-0.1, -0.05) is 17.7 Å². The molecule has 0 atom stereocenters. The minimum Gasteiger partial charge on any atom is -0.351 e. The van der Waals surface area contributed by atoms with Crippen LogP contribution in [-0.2, 0) is 16.6 Å². The monoisotopic (exact) mass is 343 g/mol. The number of hydrogen-bond acceptors (Lipinski definition) is 3. The van der Waals surface area contributed by atoms with E-state index in [9.17, 15) is 14.4 Å². The van der Waals surface area contributed by atoms with Gasteiger partial charge in [0.2, 0.25) is 0 Å². The highest BCUT2D eigenvalue weighted by atomic mass is 35.5. The Hall–Kier alpha value is -2.86. The number of carbonyl (C=O) groups is 3. The number of barbiturate groups is 1. The molecule has 122 valence electrons. The number of aryl methyl sites for hydroxylation is 1. The number of anilines is 1. The van der Waals surface area contributed by atoms with E-state index in [1.165, 1.54) is 6.08 Å². The smallest absolute Gasteiger partial charge is 0.335 e. The molecule has 1 saturated heterocycles. The summed E-state index contributed by atoms with van der Waals surface area (Å²) in [7, 11) is 1.79. The van der Waals surface area contributed by atoms with E-state index in [4.69, 9.17) is 11.6 Å². The molecule has 0 aliphatic carbocycles. The van der Waals surface area contributed by atoms with Crippen LogP contribution in [0.2, 0.25) is 5.02 Å². The van der Waals surface area contributed by atoms with Gasteiger partial charge < -0.3 is 4.57 Å². The predicted molar refractivity (Wildman–Crippen MR) is 90.6 cm³/mol. The van der Waals surface area contributed by atoms with Crippen molar-refractivity contribution in [2.45, 2.75) is 6.92 Å². The zero-order valence-corrected chi connectivity index (χ0v) is 13.8. The van der Waals surface area contributed by atoms with Gasteiger partial charge in [-0.2, -0.15) is 0 Å². The number of rotatable bonds is 2. The first-order valence-electron chi connectivity index (χ1n) is 7.18. The number of urea groups is 1. The fraction of sp³-hybridized carbons (Fsp3) is 0.118. The molecule has 1 aliphatic rings. The Kier molecular flexibility index (Phi) is 3.99. The standard InChI is InChI=1S/C17H14ClN3O3/c1-10-13(18)6-3-7-14(10)21-16(23)12(15(22)19-17(21)24)9-11-5-4-8-20(11)2/h3-9H,1-2H3,(H,19,22,24)/b12-9+. The molecule has 0 bridgehead atoms. The molecule has 1 aromatic heterocycles. The lowest BCUT2D eigenvalue weighted by atomic mass is 10.1. The second kappa shape index (κ2) is 5.98. The maximum atomic E-state index is 12.8. The predicted octanol–water partition coefficient (Wildman–Crippen LogP) is 2.65. The van der Waals surface area contributed by atoms with Gasteiger partial charge in [-0.05, 0) is 42.8 Å². The van der Waals surface area contributed by atoms with E-state index in [1.807, 2.05) is 0 Å². The summed E-state index contributed by atoms with van der Waals surface area (Å²) in [6.07, 6.45) is 3.25. The maximum absolute atomic E-state index is 12.8. The molecule has 0 unspecified atom stereocenters. The number of nitrogens with one attached hydrogen (secondary N) is 1. The van der Waals surface area contributed by atoms with Crippen molar-refractivity contribution in [3.8, 4) is 0 Å². The lowest BCUT2D eigenvalue weighted by Crippen LogP contribution is -2.54. The average Bonchev–Trinajstić information content (AvgIpc) is 2.93. The fourth-order valence-electron chi connectivity index (χ4n) is 2.49. The van der Waals surface area contributed by atoms with Gasteiger partial charge in [0.1, 0.15) is 5.57 Å². The second-order valence-corrected chi connectivity index (χ2v) is 5.79. The van der Waals surface area contributed by atoms with E-state index in [0.29, 0.717) is 22.0 Å². The molecule has 0 spiro atoms. The van der Waals surface area contributed by atoms with Gasteiger partial charge >= 0.3 is 6.03 Å². The summed E-state index contributed by atoms with van der Waals surface area (Å²) < 4.78 is 1.76. The quantitative estimate of drug-likeness (QED) is 0.673. The normalized spacial score (nSPS) is 16.7. The molecule has 1 aliphatic heterocycles. The van der Waals surface area contributed by atoms with Crippen molar-refractivity contribution in [2.24, 2.45) is 7.05 Å². The molecule has 2 aromatic rings. The number of amides is 4. The van der Waals surface area contributed by atoms with Crippen LogP contribution in [0.4, 0.5) is 10.5 Å². The first-order chi connectivity index (χ1) is 11.4. The van der Waals surface area contributed by atoms with Crippen LogP contribution < -0.4 is 10.2 Å². The van der Waals surface area contributed by atoms with Crippen molar-refractivity contribution in [3.05, 3.63) is 58.4 Å². The fourth-order valence-corrected chi connectivity index (χ4v) is 2.66. The van der Waals surface area contributed by atoms with Crippen molar-refractivity contribution in [1.82, 2.24) is 9.88 Å². The first-order valence-corrected chi connectivity index (χ1v) is 7.56. The molecule has 1 N–H and O–H groups in total. The Bertz CT molecular complexity index is 898. The summed E-state index contributed by atoms with van der Waals surface area (Å²) in [5.74, 6) is -1.41. The van der Waals surface area contributed by atoms with Crippen molar-refractivity contribution >= 4 is 41.2 Å². The number of imide groups is 2. The van der Waals surface area contributed by atoms with E-state index in [0.717, 1.165) is 4.90 Å². The number of halogens is 1. The van der Waals surface area contributed by atoms with Gasteiger partial charge in [0.05, 0.1) is 5.69 Å². The zero-order valence-electron chi connectivity index (χ0n) is 13.0. The molecule has 1 aromatic carbocycles. The van der Waals surface area contributed by atoms with E-state index in [1.54, 1.807) is 55.1 Å². The van der Waals surface area contributed by atoms with Crippen LogP contribution in [0.25, 0.3) is 6.08 Å². The topological polar surface area (TPSA) is 71.4 Å². The third-order valence-corrected chi connectivity index (χ3v) is 4.27. The average molecular weight is 344 g/mol. The summed E-state index contributed by atoms with van der Waals surface area (Å²) >= 11 is 6.07. The van der Waals surface area contributed by atoms with Gasteiger partial charge in [-0.15, -0.1) is 0 Å². The van der Waals surface area contributed by atoms with Gasteiger partial charge in [-0.3, -0.25) is 14.9 Å². The van der Waals surface area contributed by atoms with Gasteiger partial charge in [0.15, 0.2) is 0 Å². The van der Waals surface area contributed by atoms with Crippen molar-refractivity contribution in [3.63, 3.8) is 0 Å². The molecule has 7 heteroatoms. The summed E-state index contributed by atoms with van der Waals surface area (Å²) in [5.41, 5.74) is 1.48. The van der Waals surface area contributed by atoms with Crippen LogP contribution in [0, 0.1) is 6.92 Å². The largest absolute Gasteiger partial charge is 0.351 e. The molecule has 0 saturated carbocycles. The van der Waals surface area contributed by atoms with E-state index < -0.39 is 17.8 Å². The SMILES string of the molecule is Cc1c(Cl)cccc1N1C(=O)NC(=O)/C(=C\c2cccn2C)C1=O.